The lowest BCUT2D eigenvalue weighted by Crippen LogP contribution is -2.27. The molecule has 4 nitrogen and oxygen atoms in total. The highest BCUT2D eigenvalue weighted by atomic mass is 35.5. The molecule has 0 radical (unpaired) electrons. The minimum atomic E-state index is -0.402. The van der Waals surface area contributed by atoms with Gasteiger partial charge in [0, 0.05) is 34.4 Å². The van der Waals surface area contributed by atoms with Gasteiger partial charge in [-0.2, -0.15) is 4.73 Å². The van der Waals surface area contributed by atoms with E-state index in [9.17, 15) is 10.0 Å². The summed E-state index contributed by atoms with van der Waals surface area (Å²) in [5, 5.41) is 13.7. The number of rotatable bonds is 4. The van der Waals surface area contributed by atoms with Crippen LogP contribution in [0.2, 0.25) is 5.02 Å². The average molecular weight is 348 g/mol. The van der Waals surface area contributed by atoms with Crippen LogP contribution in [0.4, 0.5) is 0 Å². The molecule has 2 aromatic heterocycles. The van der Waals surface area contributed by atoms with E-state index in [0.29, 0.717) is 21.4 Å². The molecule has 3 aromatic rings. The highest BCUT2D eigenvalue weighted by Gasteiger charge is 2.12. The lowest BCUT2D eigenvalue weighted by Gasteiger charge is -2.08. The van der Waals surface area contributed by atoms with Crippen LogP contribution in [0.5, 0.6) is 0 Å². The van der Waals surface area contributed by atoms with Gasteiger partial charge in [0.2, 0.25) is 0 Å². The number of halogens is 1. The summed E-state index contributed by atoms with van der Waals surface area (Å²) in [4.78, 5) is 11.8. The maximum Gasteiger partial charge on any atom is 0.336 e. The lowest BCUT2D eigenvalue weighted by molar-refractivity contribution is -0.645. The van der Waals surface area contributed by atoms with Crippen molar-refractivity contribution in [3.63, 3.8) is 0 Å². The van der Waals surface area contributed by atoms with E-state index in [1.54, 1.807) is 18.2 Å². The third-order valence-corrected chi connectivity index (χ3v) is 4.96. The summed E-state index contributed by atoms with van der Waals surface area (Å²) in [7, 11) is 0. The Hall–Kier alpha value is -1.98. The highest BCUT2D eigenvalue weighted by Crippen LogP contribution is 2.29. The monoisotopic (exact) mass is 347 g/mol. The first-order chi connectivity index (χ1) is 11.1. The number of nitrogens with zero attached hydrogens (tertiary/aromatic N) is 1. The Balaban J connectivity index is 2.01. The number of benzene rings is 1. The van der Waals surface area contributed by atoms with Crippen LogP contribution in [0.3, 0.4) is 0 Å². The van der Waals surface area contributed by atoms with E-state index >= 15 is 0 Å². The number of aryl methyl sites for hydroxylation is 1. The predicted octanol–water partition coefficient (Wildman–Crippen LogP) is 3.93. The second-order valence-electron chi connectivity index (χ2n) is 5.04. The van der Waals surface area contributed by atoms with Crippen molar-refractivity contribution in [1.29, 1.82) is 0 Å². The normalized spacial score (nSPS) is 11.0. The van der Waals surface area contributed by atoms with Gasteiger partial charge in [0.05, 0.1) is 0 Å². The molecule has 0 unspecified atom stereocenters. The molecular weight excluding hydrogens is 334 g/mol. The minimum absolute atomic E-state index is 0.402. The summed E-state index contributed by atoms with van der Waals surface area (Å²) in [5.74, 6) is 0.482. The first-order valence-electron chi connectivity index (χ1n) is 7.14. The zero-order chi connectivity index (χ0) is 16.4. The molecular formula is C17H14ClNO3S. The first-order valence-corrected chi connectivity index (χ1v) is 8.51. The fourth-order valence-corrected chi connectivity index (χ4v) is 3.56. The van der Waals surface area contributed by atoms with Gasteiger partial charge in [-0.05, 0) is 35.7 Å². The zero-order valence-electron chi connectivity index (χ0n) is 12.4. The van der Waals surface area contributed by atoms with E-state index in [0.717, 1.165) is 27.7 Å². The fraction of sp³-hybridized carbons (Fsp3) is 0.176. The molecule has 1 aromatic carbocycles. The minimum Gasteiger partial charge on any atom is -0.618 e. The van der Waals surface area contributed by atoms with Crippen molar-refractivity contribution in [2.75, 3.05) is 0 Å². The van der Waals surface area contributed by atoms with Gasteiger partial charge in [-0.25, -0.2) is 4.79 Å². The molecule has 0 saturated heterocycles. The van der Waals surface area contributed by atoms with Crippen LogP contribution in [0, 0.1) is 5.21 Å². The van der Waals surface area contributed by atoms with Crippen LogP contribution >= 0.6 is 23.4 Å². The molecule has 0 amide bonds. The van der Waals surface area contributed by atoms with E-state index in [1.165, 1.54) is 24.0 Å². The van der Waals surface area contributed by atoms with Crippen molar-refractivity contribution in [2.24, 2.45) is 0 Å². The Kier molecular flexibility index (Phi) is 4.59. The smallest absolute Gasteiger partial charge is 0.336 e. The molecule has 0 spiro atoms. The summed E-state index contributed by atoms with van der Waals surface area (Å²) in [5.41, 5.74) is 1.86. The standard InChI is InChI=1S/C17H14ClNO3S/c1-2-11-7-15-13(9-14(11)18)12(8-17(20)22-15)10-23-16-5-3-4-6-19(16)21/h3-9H,2,10H2,1H3. The summed E-state index contributed by atoms with van der Waals surface area (Å²) in [6.45, 7) is 1.99. The van der Waals surface area contributed by atoms with E-state index in [4.69, 9.17) is 16.0 Å². The second kappa shape index (κ2) is 6.64. The molecule has 0 N–H and O–H groups in total. The van der Waals surface area contributed by atoms with Gasteiger partial charge in [-0.3, -0.25) is 0 Å². The van der Waals surface area contributed by atoms with Crippen LogP contribution in [-0.4, -0.2) is 0 Å². The van der Waals surface area contributed by atoms with Crippen molar-refractivity contribution in [3.05, 3.63) is 74.4 Å². The zero-order valence-corrected chi connectivity index (χ0v) is 14.0. The molecule has 0 atom stereocenters. The first kappa shape index (κ1) is 15.9. The molecule has 0 aliphatic rings. The number of fused-ring (bicyclic) bond motifs is 1. The third kappa shape index (κ3) is 3.35. The van der Waals surface area contributed by atoms with Gasteiger partial charge < -0.3 is 9.62 Å². The van der Waals surface area contributed by atoms with Crippen LogP contribution in [0.1, 0.15) is 18.1 Å². The molecule has 0 aliphatic carbocycles. The molecule has 0 bridgehead atoms. The molecule has 2 heterocycles. The summed E-state index contributed by atoms with van der Waals surface area (Å²) < 4.78 is 6.09. The molecule has 6 heteroatoms. The van der Waals surface area contributed by atoms with Gasteiger partial charge in [-0.1, -0.05) is 30.3 Å². The Morgan fingerprint density at radius 3 is 2.83 bits per heavy atom. The van der Waals surface area contributed by atoms with Crippen molar-refractivity contribution in [1.82, 2.24) is 0 Å². The Bertz CT molecular complexity index is 923. The Morgan fingerprint density at radius 1 is 1.26 bits per heavy atom. The predicted molar refractivity (Wildman–Crippen MR) is 91.8 cm³/mol. The molecule has 0 aliphatic heterocycles. The van der Waals surface area contributed by atoms with Gasteiger partial charge >= 0.3 is 5.63 Å². The van der Waals surface area contributed by atoms with Crippen molar-refractivity contribution >= 4 is 34.3 Å². The van der Waals surface area contributed by atoms with Gasteiger partial charge in [-0.15, -0.1) is 0 Å². The molecule has 118 valence electrons. The van der Waals surface area contributed by atoms with E-state index in [1.807, 2.05) is 19.1 Å². The number of aromatic nitrogens is 1. The average Bonchev–Trinajstić information content (AvgIpc) is 2.54. The molecule has 3 rings (SSSR count). The molecule has 0 saturated carbocycles. The lowest BCUT2D eigenvalue weighted by atomic mass is 10.1. The maximum absolute atomic E-state index is 11.8. The van der Waals surface area contributed by atoms with Crippen molar-refractivity contribution < 1.29 is 9.15 Å². The molecule has 0 fully saturated rings. The quantitative estimate of drug-likeness (QED) is 0.310. The summed E-state index contributed by atoms with van der Waals surface area (Å²) >= 11 is 7.64. The van der Waals surface area contributed by atoms with Gasteiger partial charge in [0.15, 0.2) is 6.20 Å². The van der Waals surface area contributed by atoms with Gasteiger partial charge in [0.1, 0.15) is 5.58 Å². The highest BCUT2D eigenvalue weighted by molar-refractivity contribution is 7.98. The Labute approximate surface area is 142 Å². The number of pyridine rings is 1. The summed E-state index contributed by atoms with van der Waals surface area (Å²) in [6.07, 6.45) is 2.21. The topological polar surface area (TPSA) is 57.2 Å². The van der Waals surface area contributed by atoms with E-state index < -0.39 is 5.63 Å². The van der Waals surface area contributed by atoms with Crippen LogP contribution in [0.25, 0.3) is 11.0 Å². The van der Waals surface area contributed by atoms with Crippen LogP contribution < -0.4 is 10.4 Å². The number of hydrogen-bond donors (Lipinski definition) is 0. The van der Waals surface area contributed by atoms with Crippen molar-refractivity contribution in [2.45, 2.75) is 24.1 Å². The third-order valence-electron chi connectivity index (χ3n) is 3.54. The number of thioether (sulfide) groups is 1. The Morgan fingerprint density at radius 2 is 2.09 bits per heavy atom. The van der Waals surface area contributed by atoms with E-state index in [2.05, 4.69) is 0 Å². The van der Waals surface area contributed by atoms with Crippen molar-refractivity contribution in [3.8, 4) is 0 Å². The fourth-order valence-electron chi connectivity index (χ4n) is 2.36. The second-order valence-corrected chi connectivity index (χ2v) is 6.44. The summed E-state index contributed by atoms with van der Waals surface area (Å²) in [6, 6.07) is 10.3. The van der Waals surface area contributed by atoms with Crippen LogP contribution in [0.15, 0.2) is 56.8 Å². The number of hydrogen-bond acceptors (Lipinski definition) is 4. The maximum atomic E-state index is 11.8. The van der Waals surface area contributed by atoms with Gasteiger partial charge in [0.25, 0.3) is 5.03 Å². The molecule has 23 heavy (non-hydrogen) atoms. The van der Waals surface area contributed by atoms with Crippen LogP contribution in [-0.2, 0) is 12.2 Å². The largest absolute Gasteiger partial charge is 0.618 e. The van der Waals surface area contributed by atoms with E-state index in [-0.39, 0.29) is 0 Å². The SMILES string of the molecule is CCc1cc2oc(=O)cc(CSc3cccc[n+]3[O-])c2cc1Cl.